The third-order valence-electron chi connectivity index (χ3n) is 3.67. The van der Waals surface area contributed by atoms with Crippen LogP contribution >= 0.6 is 0 Å². The highest BCUT2D eigenvalue weighted by molar-refractivity contribution is 5.84. The van der Waals surface area contributed by atoms with Crippen LogP contribution in [0.3, 0.4) is 0 Å². The van der Waals surface area contributed by atoms with E-state index in [4.69, 9.17) is 15.2 Å². The molecule has 2 atom stereocenters. The number of amides is 1. The topological polar surface area (TPSA) is 73.6 Å². The second-order valence-corrected chi connectivity index (χ2v) is 5.95. The van der Waals surface area contributed by atoms with Crippen LogP contribution in [0, 0.1) is 0 Å². The van der Waals surface area contributed by atoms with Gasteiger partial charge in [0.2, 0.25) is 5.91 Å². The van der Waals surface area contributed by atoms with E-state index in [9.17, 15) is 4.79 Å². The molecule has 2 unspecified atom stereocenters. The summed E-state index contributed by atoms with van der Waals surface area (Å²) in [6.45, 7) is 8.13. The minimum Gasteiger partial charge on any atom is -0.379 e. The van der Waals surface area contributed by atoms with Gasteiger partial charge >= 0.3 is 0 Å². The van der Waals surface area contributed by atoms with Gasteiger partial charge in [-0.3, -0.25) is 4.79 Å². The molecule has 20 heavy (non-hydrogen) atoms. The van der Waals surface area contributed by atoms with E-state index in [1.807, 2.05) is 13.8 Å². The predicted octanol–water partition coefficient (Wildman–Crippen LogP) is 1.59. The number of nitrogens with two attached hydrogens (primary N) is 1. The predicted molar refractivity (Wildman–Crippen MR) is 79.5 cm³/mol. The number of hydrogen-bond donors (Lipinski definition) is 2. The summed E-state index contributed by atoms with van der Waals surface area (Å²) >= 11 is 0. The van der Waals surface area contributed by atoms with Gasteiger partial charge in [0.1, 0.15) is 5.54 Å². The van der Waals surface area contributed by atoms with Gasteiger partial charge in [-0.05, 0) is 39.5 Å². The second-order valence-electron chi connectivity index (χ2n) is 5.95. The highest BCUT2D eigenvalue weighted by Gasteiger charge is 2.41. The van der Waals surface area contributed by atoms with Gasteiger partial charge in [0.25, 0.3) is 0 Å². The van der Waals surface area contributed by atoms with Crippen LogP contribution in [-0.2, 0) is 14.3 Å². The van der Waals surface area contributed by atoms with Crippen molar-refractivity contribution in [2.24, 2.45) is 5.73 Å². The molecule has 0 bridgehead atoms. The van der Waals surface area contributed by atoms with E-state index in [0.29, 0.717) is 19.6 Å². The van der Waals surface area contributed by atoms with Crippen LogP contribution in [0.5, 0.6) is 0 Å². The zero-order valence-electron chi connectivity index (χ0n) is 13.1. The van der Waals surface area contributed by atoms with Gasteiger partial charge < -0.3 is 20.5 Å². The zero-order valence-corrected chi connectivity index (χ0v) is 13.1. The highest BCUT2D eigenvalue weighted by atomic mass is 16.5. The lowest BCUT2D eigenvalue weighted by molar-refractivity contribution is -0.129. The fraction of sp³-hybridized carbons (Fsp3) is 0.933. The maximum atomic E-state index is 11.9. The van der Waals surface area contributed by atoms with Crippen molar-refractivity contribution in [3.8, 4) is 0 Å². The number of ether oxygens (including phenoxy) is 2. The summed E-state index contributed by atoms with van der Waals surface area (Å²) in [7, 11) is 0. The molecule has 0 aliphatic heterocycles. The molecular weight excluding hydrogens is 256 g/mol. The summed E-state index contributed by atoms with van der Waals surface area (Å²) < 4.78 is 11.2. The van der Waals surface area contributed by atoms with Crippen molar-refractivity contribution in [1.82, 2.24) is 5.32 Å². The van der Waals surface area contributed by atoms with Gasteiger partial charge in [-0.25, -0.2) is 0 Å². The first-order valence-electron chi connectivity index (χ1n) is 7.77. The van der Waals surface area contributed by atoms with E-state index in [-0.39, 0.29) is 18.1 Å². The Bertz CT molecular complexity index is 297. The van der Waals surface area contributed by atoms with Crippen LogP contribution in [0.25, 0.3) is 0 Å². The van der Waals surface area contributed by atoms with Crippen LogP contribution in [0.15, 0.2) is 0 Å². The van der Waals surface area contributed by atoms with Crippen molar-refractivity contribution in [2.75, 3.05) is 19.8 Å². The fourth-order valence-electron chi connectivity index (χ4n) is 2.87. The number of carbonyl (C=O) groups excluding carboxylic acids is 1. The SMILES string of the molecule is CCCOCCOC1CCCC(NC(C)C)(C(N)=O)C1. The Balaban J connectivity index is 2.44. The third kappa shape index (κ3) is 5.38. The molecule has 1 fully saturated rings. The molecule has 5 nitrogen and oxygen atoms in total. The molecule has 3 N–H and O–H groups in total. The number of hydrogen-bond acceptors (Lipinski definition) is 4. The van der Waals surface area contributed by atoms with Gasteiger partial charge in [-0.2, -0.15) is 0 Å². The maximum absolute atomic E-state index is 11.9. The molecular formula is C15H30N2O3. The van der Waals surface area contributed by atoms with Crippen molar-refractivity contribution in [1.29, 1.82) is 0 Å². The first-order chi connectivity index (χ1) is 9.50. The molecule has 1 saturated carbocycles. The Hall–Kier alpha value is -0.650. The average Bonchev–Trinajstić information content (AvgIpc) is 2.38. The first kappa shape index (κ1) is 17.4. The summed E-state index contributed by atoms with van der Waals surface area (Å²) in [5, 5.41) is 3.35. The molecule has 0 heterocycles. The number of carbonyl (C=O) groups is 1. The minimum absolute atomic E-state index is 0.0905. The van der Waals surface area contributed by atoms with Gasteiger partial charge in [0.15, 0.2) is 0 Å². The standard InChI is InChI=1S/C15H30N2O3/c1-4-8-19-9-10-20-13-6-5-7-15(11-13,14(16)18)17-12(2)3/h12-13,17H,4-11H2,1-3H3,(H2,16,18). The molecule has 0 aromatic carbocycles. The van der Waals surface area contributed by atoms with Gasteiger partial charge in [-0.1, -0.05) is 6.92 Å². The van der Waals surface area contributed by atoms with Crippen molar-refractivity contribution >= 4 is 5.91 Å². The molecule has 5 heteroatoms. The van der Waals surface area contributed by atoms with E-state index < -0.39 is 5.54 Å². The van der Waals surface area contributed by atoms with E-state index in [0.717, 1.165) is 32.3 Å². The number of rotatable bonds is 9. The first-order valence-corrected chi connectivity index (χ1v) is 7.77. The number of primary amides is 1. The quantitative estimate of drug-likeness (QED) is 0.631. The van der Waals surface area contributed by atoms with Crippen LogP contribution in [0.1, 0.15) is 52.9 Å². The lowest BCUT2D eigenvalue weighted by atomic mass is 9.79. The molecule has 0 aromatic heterocycles. The van der Waals surface area contributed by atoms with Crippen LogP contribution in [-0.4, -0.2) is 43.4 Å². The summed E-state index contributed by atoms with van der Waals surface area (Å²) in [6, 6.07) is 0.231. The second kappa shape index (κ2) is 8.60. The average molecular weight is 286 g/mol. The summed E-state index contributed by atoms with van der Waals surface area (Å²) in [4.78, 5) is 11.9. The minimum atomic E-state index is -0.610. The molecule has 0 spiro atoms. The number of nitrogens with one attached hydrogen (secondary N) is 1. The monoisotopic (exact) mass is 286 g/mol. The van der Waals surface area contributed by atoms with Crippen molar-refractivity contribution < 1.29 is 14.3 Å². The highest BCUT2D eigenvalue weighted by Crippen LogP contribution is 2.30. The third-order valence-corrected chi connectivity index (χ3v) is 3.67. The van der Waals surface area contributed by atoms with Crippen LogP contribution in [0.2, 0.25) is 0 Å². The molecule has 1 rings (SSSR count). The zero-order chi connectivity index (χ0) is 15.0. The molecule has 118 valence electrons. The summed E-state index contributed by atoms with van der Waals surface area (Å²) in [5.74, 6) is -0.262. The summed E-state index contributed by atoms with van der Waals surface area (Å²) in [6.07, 6.45) is 4.52. The van der Waals surface area contributed by atoms with Gasteiger partial charge in [0.05, 0.1) is 19.3 Å². The maximum Gasteiger partial charge on any atom is 0.237 e. The largest absolute Gasteiger partial charge is 0.379 e. The van der Waals surface area contributed by atoms with E-state index in [1.54, 1.807) is 0 Å². The van der Waals surface area contributed by atoms with E-state index >= 15 is 0 Å². The van der Waals surface area contributed by atoms with Crippen LogP contribution in [0.4, 0.5) is 0 Å². The Morgan fingerprint density at radius 1 is 1.40 bits per heavy atom. The molecule has 0 saturated heterocycles. The van der Waals surface area contributed by atoms with Crippen molar-refractivity contribution in [3.05, 3.63) is 0 Å². The molecule has 1 aliphatic carbocycles. The van der Waals surface area contributed by atoms with Crippen molar-refractivity contribution in [2.45, 2.75) is 70.6 Å². The molecule has 1 amide bonds. The lowest BCUT2D eigenvalue weighted by Crippen LogP contribution is -2.60. The lowest BCUT2D eigenvalue weighted by Gasteiger charge is -2.40. The Morgan fingerprint density at radius 3 is 2.75 bits per heavy atom. The normalized spacial score (nSPS) is 26.9. The Morgan fingerprint density at radius 2 is 2.15 bits per heavy atom. The van der Waals surface area contributed by atoms with Crippen LogP contribution < -0.4 is 11.1 Å². The van der Waals surface area contributed by atoms with E-state index in [1.165, 1.54) is 0 Å². The van der Waals surface area contributed by atoms with E-state index in [2.05, 4.69) is 12.2 Å². The van der Waals surface area contributed by atoms with Gasteiger partial charge in [0, 0.05) is 19.1 Å². The Labute approximate surface area is 122 Å². The van der Waals surface area contributed by atoms with Gasteiger partial charge in [-0.15, -0.1) is 0 Å². The smallest absolute Gasteiger partial charge is 0.237 e. The molecule has 0 aromatic rings. The fourth-order valence-corrected chi connectivity index (χ4v) is 2.87. The summed E-state index contributed by atoms with van der Waals surface area (Å²) in [5.41, 5.74) is 5.02. The molecule has 1 aliphatic rings. The Kier molecular flexibility index (Phi) is 7.48. The molecule has 0 radical (unpaired) electrons. The van der Waals surface area contributed by atoms with Crippen molar-refractivity contribution in [3.63, 3.8) is 0 Å².